The third kappa shape index (κ3) is 2.81. The zero-order valence-electron chi connectivity index (χ0n) is 10.6. The molecule has 1 aromatic heterocycles. The van der Waals surface area contributed by atoms with Crippen molar-refractivity contribution in [3.63, 3.8) is 0 Å². The van der Waals surface area contributed by atoms with Crippen LogP contribution < -0.4 is 11.3 Å². The number of hydrogen-bond donors (Lipinski definition) is 2. The van der Waals surface area contributed by atoms with Crippen molar-refractivity contribution < 1.29 is 4.74 Å². The standard InChI is InChI=1S/C13H18N4O/c1-9(2)18-8-12(17-14)10-4-3-5-11-13(10)16-7-6-15-11/h3-7,9,12,17H,8,14H2,1-2H3. The van der Waals surface area contributed by atoms with Gasteiger partial charge in [0.2, 0.25) is 0 Å². The number of fused-ring (bicyclic) bond motifs is 1. The first-order chi connectivity index (χ1) is 8.72. The third-order valence-electron chi connectivity index (χ3n) is 2.70. The largest absolute Gasteiger partial charge is 0.377 e. The van der Waals surface area contributed by atoms with Gasteiger partial charge in [0.1, 0.15) is 0 Å². The van der Waals surface area contributed by atoms with E-state index in [0.717, 1.165) is 16.6 Å². The summed E-state index contributed by atoms with van der Waals surface area (Å²) in [5.41, 5.74) is 5.49. The van der Waals surface area contributed by atoms with Gasteiger partial charge in [-0.25, -0.2) is 0 Å². The molecule has 5 nitrogen and oxygen atoms in total. The molecule has 1 atom stereocenters. The zero-order chi connectivity index (χ0) is 13.0. The number of nitrogens with one attached hydrogen (secondary N) is 1. The molecule has 2 rings (SSSR count). The third-order valence-corrected chi connectivity index (χ3v) is 2.70. The van der Waals surface area contributed by atoms with Gasteiger partial charge < -0.3 is 4.74 Å². The molecule has 0 aliphatic rings. The van der Waals surface area contributed by atoms with Gasteiger partial charge in [-0.15, -0.1) is 0 Å². The Kier molecular flexibility index (Phi) is 4.19. The van der Waals surface area contributed by atoms with Crippen molar-refractivity contribution in [1.82, 2.24) is 15.4 Å². The second-order valence-electron chi connectivity index (χ2n) is 4.37. The number of hydrazine groups is 1. The van der Waals surface area contributed by atoms with Gasteiger partial charge in [0.05, 0.1) is 29.8 Å². The number of aromatic nitrogens is 2. The summed E-state index contributed by atoms with van der Waals surface area (Å²) in [6, 6.07) is 5.79. The Morgan fingerprint density at radius 3 is 2.78 bits per heavy atom. The number of nitrogens with two attached hydrogens (primary N) is 1. The van der Waals surface area contributed by atoms with Crippen molar-refractivity contribution in [1.29, 1.82) is 0 Å². The lowest BCUT2D eigenvalue weighted by Gasteiger charge is -2.19. The van der Waals surface area contributed by atoms with Crippen LogP contribution in [-0.2, 0) is 4.74 Å². The summed E-state index contributed by atoms with van der Waals surface area (Å²) in [6.45, 7) is 4.50. The van der Waals surface area contributed by atoms with Crippen LogP contribution >= 0.6 is 0 Å². The summed E-state index contributed by atoms with van der Waals surface area (Å²) >= 11 is 0. The van der Waals surface area contributed by atoms with Crippen molar-refractivity contribution in [2.45, 2.75) is 26.0 Å². The summed E-state index contributed by atoms with van der Waals surface area (Å²) in [5.74, 6) is 5.60. The molecule has 18 heavy (non-hydrogen) atoms. The van der Waals surface area contributed by atoms with Crippen molar-refractivity contribution in [2.24, 2.45) is 5.84 Å². The molecule has 0 fully saturated rings. The normalized spacial score (nSPS) is 13.1. The first-order valence-corrected chi connectivity index (χ1v) is 5.99. The molecule has 0 bridgehead atoms. The Morgan fingerprint density at radius 1 is 1.28 bits per heavy atom. The van der Waals surface area contributed by atoms with E-state index in [9.17, 15) is 0 Å². The molecule has 0 aliphatic carbocycles. The van der Waals surface area contributed by atoms with Crippen LogP contribution in [0.3, 0.4) is 0 Å². The van der Waals surface area contributed by atoms with Crippen LogP contribution in [0.25, 0.3) is 11.0 Å². The predicted octanol–water partition coefficient (Wildman–Crippen LogP) is 1.56. The van der Waals surface area contributed by atoms with Gasteiger partial charge in [-0.05, 0) is 19.9 Å². The van der Waals surface area contributed by atoms with E-state index >= 15 is 0 Å². The summed E-state index contributed by atoms with van der Waals surface area (Å²) in [5, 5.41) is 0. The van der Waals surface area contributed by atoms with Crippen LogP contribution in [0.15, 0.2) is 30.6 Å². The van der Waals surface area contributed by atoms with Crippen molar-refractivity contribution in [3.05, 3.63) is 36.2 Å². The Balaban J connectivity index is 2.32. The topological polar surface area (TPSA) is 73.1 Å². The highest BCUT2D eigenvalue weighted by atomic mass is 16.5. The van der Waals surface area contributed by atoms with Crippen LogP contribution in [0, 0.1) is 0 Å². The Labute approximate surface area is 106 Å². The second-order valence-corrected chi connectivity index (χ2v) is 4.37. The lowest BCUT2D eigenvalue weighted by molar-refractivity contribution is 0.0614. The molecular formula is C13H18N4O. The van der Waals surface area contributed by atoms with E-state index in [0.29, 0.717) is 6.61 Å². The maximum absolute atomic E-state index is 5.61. The minimum atomic E-state index is -0.0900. The molecule has 3 N–H and O–H groups in total. The molecule has 0 radical (unpaired) electrons. The van der Waals surface area contributed by atoms with E-state index in [2.05, 4.69) is 15.4 Å². The van der Waals surface area contributed by atoms with Gasteiger partial charge in [0, 0.05) is 18.0 Å². The van der Waals surface area contributed by atoms with E-state index in [-0.39, 0.29) is 12.1 Å². The molecule has 2 aromatic rings. The van der Waals surface area contributed by atoms with Crippen molar-refractivity contribution in [3.8, 4) is 0 Å². The first kappa shape index (κ1) is 12.9. The number of benzene rings is 1. The molecule has 0 saturated heterocycles. The number of ether oxygens (including phenoxy) is 1. The molecule has 1 aromatic carbocycles. The lowest BCUT2D eigenvalue weighted by Crippen LogP contribution is -2.32. The number of para-hydroxylation sites is 1. The molecule has 0 spiro atoms. The lowest BCUT2D eigenvalue weighted by atomic mass is 10.1. The second kappa shape index (κ2) is 5.86. The minimum absolute atomic E-state index is 0.0900. The van der Waals surface area contributed by atoms with Crippen LogP contribution in [0.2, 0.25) is 0 Å². The zero-order valence-corrected chi connectivity index (χ0v) is 10.6. The van der Waals surface area contributed by atoms with Gasteiger partial charge in [-0.3, -0.25) is 21.2 Å². The van der Waals surface area contributed by atoms with Crippen LogP contribution in [-0.4, -0.2) is 22.7 Å². The fraction of sp³-hybridized carbons (Fsp3) is 0.385. The highest BCUT2D eigenvalue weighted by Crippen LogP contribution is 2.21. The van der Waals surface area contributed by atoms with E-state index < -0.39 is 0 Å². The van der Waals surface area contributed by atoms with Gasteiger partial charge >= 0.3 is 0 Å². The Morgan fingerprint density at radius 2 is 2.06 bits per heavy atom. The minimum Gasteiger partial charge on any atom is -0.377 e. The fourth-order valence-electron chi connectivity index (χ4n) is 1.81. The summed E-state index contributed by atoms with van der Waals surface area (Å²) in [4.78, 5) is 8.65. The average Bonchev–Trinajstić information content (AvgIpc) is 2.39. The molecule has 0 saturated carbocycles. The SMILES string of the molecule is CC(C)OCC(NN)c1cccc2nccnc12. The van der Waals surface area contributed by atoms with Crippen LogP contribution in [0.1, 0.15) is 25.5 Å². The number of nitrogens with zero attached hydrogens (tertiary/aromatic N) is 2. The van der Waals surface area contributed by atoms with E-state index in [1.165, 1.54) is 0 Å². The average molecular weight is 246 g/mol. The highest BCUT2D eigenvalue weighted by Gasteiger charge is 2.14. The van der Waals surface area contributed by atoms with Crippen LogP contribution in [0.5, 0.6) is 0 Å². The molecule has 1 unspecified atom stereocenters. The molecule has 96 valence electrons. The summed E-state index contributed by atoms with van der Waals surface area (Å²) < 4.78 is 5.61. The van der Waals surface area contributed by atoms with Crippen molar-refractivity contribution in [2.75, 3.05) is 6.61 Å². The maximum atomic E-state index is 5.61. The molecule has 0 amide bonds. The summed E-state index contributed by atoms with van der Waals surface area (Å²) in [6.07, 6.45) is 3.53. The number of rotatable bonds is 5. The Hall–Kier alpha value is -1.56. The Bertz CT molecular complexity index is 510. The van der Waals surface area contributed by atoms with Crippen molar-refractivity contribution >= 4 is 11.0 Å². The van der Waals surface area contributed by atoms with E-state index in [4.69, 9.17) is 10.6 Å². The van der Waals surface area contributed by atoms with Gasteiger partial charge in [0.15, 0.2) is 0 Å². The van der Waals surface area contributed by atoms with E-state index in [1.54, 1.807) is 12.4 Å². The number of hydrogen-bond acceptors (Lipinski definition) is 5. The molecule has 0 aliphatic heterocycles. The van der Waals surface area contributed by atoms with Gasteiger partial charge in [0.25, 0.3) is 0 Å². The molecular weight excluding hydrogens is 228 g/mol. The highest BCUT2D eigenvalue weighted by molar-refractivity contribution is 5.78. The summed E-state index contributed by atoms with van der Waals surface area (Å²) in [7, 11) is 0. The smallest absolute Gasteiger partial charge is 0.0935 e. The molecule has 1 heterocycles. The van der Waals surface area contributed by atoms with Crippen LogP contribution in [0.4, 0.5) is 0 Å². The molecule has 5 heteroatoms. The van der Waals surface area contributed by atoms with Gasteiger partial charge in [-0.2, -0.15) is 0 Å². The van der Waals surface area contributed by atoms with Gasteiger partial charge in [-0.1, -0.05) is 12.1 Å². The van der Waals surface area contributed by atoms with E-state index in [1.807, 2.05) is 32.0 Å². The quantitative estimate of drug-likeness (QED) is 0.618. The predicted molar refractivity (Wildman–Crippen MR) is 70.7 cm³/mol. The first-order valence-electron chi connectivity index (χ1n) is 5.99. The fourth-order valence-corrected chi connectivity index (χ4v) is 1.81. The maximum Gasteiger partial charge on any atom is 0.0935 e. The monoisotopic (exact) mass is 246 g/mol.